The molecule has 1 aliphatic rings. The van der Waals surface area contributed by atoms with Crippen LogP contribution in [0.1, 0.15) is 70.9 Å². The molecule has 1 atom stereocenters. The number of benzene rings is 1. The molecule has 2 rings (SSSR count). The van der Waals surface area contributed by atoms with Crippen molar-refractivity contribution in [1.29, 1.82) is 0 Å². The molecule has 5 heteroatoms. The van der Waals surface area contributed by atoms with E-state index < -0.39 is 26.5 Å². The van der Waals surface area contributed by atoms with E-state index in [4.69, 9.17) is 4.74 Å². The van der Waals surface area contributed by atoms with E-state index in [0.29, 0.717) is 6.61 Å². The molecule has 31 heavy (non-hydrogen) atoms. The summed E-state index contributed by atoms with van der Waals surface area (Å²) in [6.07, 6.45) is 7.50. The van der Waals surface area contributed by atoms with Crippen molar-refractivity contribution in [3.8, 4) is 0 Å². The minimum atomic E-state index is -2.84. The van der Waals surface area contributed by atoms with Crippen LogP contribution in [0.15, 0.2) is 39.7 Å². The molecule has 0 N–H and O–H groups in total. The van der Waals surface area contributed by atoms with Crippen LogP contribution in [0.2, 0.25) is 33.0 Å². The molecule has 0 bridgehead atoms. The molecular formula is C26H45NO2SiSn. The number of unbranched alkanes of at least 4 members (excludes halogenated alkanes) is 3. The zero-order chi connectivity index (χ0) is 22.9. The quantitative estimate of drug-likeness (QED) is 0.231. The van der Waals surface area contributed by atoms with E-state index in [1.807, 2.05) is 0 Å². The SMILES string of the molecule is CCC[CH2][Sn]([CH2]CCC)([CH2]CCC)/[C](=C\[Si](C)(C)C)N1C(=O)OC[C@H]1c1ccccc1. The Morgan fingerprint density at radius 2 is 1.52 bits per heavy atom. The van der Waals surface area contributed by atoms with Gasteiger partial charge in [-0.05, 0) is 0 Å². The monoisotopic (exact) mass is 551 g/mol. The van der Waals surface area contributed by atoms with Crippen molar-refractivity contribution in [2.45, 2.75) is 98.3 Å². The van der Waals surface area contributed by atoms with Crippen LogP contribution in [0.3, 0.4) is 0 Å². The topological polar surface area (TPSA) is 29.5 Å². The number of carbonyl (C=O) groups is 1. The molecular weight excluding hydrogens is 505 g/mol. The van der Waals surface area contributed by atoms with Crippen molar-refractivity contribution in [2.75, 3.05) is 6.61 Å². The first-order chi connectivity index (χ1) is 14.8. The molecule has 0 spiro atoms. The van der Waals surface area contributed by atoms with Gasteiger partial charge in [0.1, 0.15) is 0 Å². The molecule has 1 heterocycles. The number of amides is 1. The van der Waals surface area contributed by atoms with Gasteiger partial charge in [0, 0.05) is 0 Å². The first-order valence-electron chi connectivity index (χ1n) is 12.5. The van der Waals surface area contributed by atoms with Crippen LogP contribution in [0, 0.1) is 0 Å². The molecule has 1 saturated heterocycles. The van der Waals surface area contributed by atoms with Gasteiger partial charge in [0.2, 0.25) is 0 Å². The van der Waals surface area contributed by atoms with E-state index in [-0.39, 0.29) is 12.1 Å². The van der Waals surface area contributed by atoms with Crippen LogP contribution in [0.25, 0.3) is 0 Å². The third-order valence-electron chi connectivity index (χ3n) is 6.46. The van der Waals surface area contributed by atoms with Gasteiger partial charge in [-0.15, -0.1) is 0 Å². The summed E-state index contributed by atoms with van der Waals surface area (Å²) in [6, 6.07) is 10.6. The van der Waals surface area contributed by atoms with Gasteiger partial charge in [0.25, 0.3) is 0 Å². The van der Waals surface area contributed by atoms with Gasteiger partial charge in [0.15, 0.2) is 0 Å². The fourth-order valence-electron chi connectivity index (χ4n) is 4.80. The summed E-state index contributed by atoms with van der Waals surface area (Å²) in [5, 5.41) is 0. The van der Waals surface area contributed by atoms with Crippen molar-refractivity contribution in [2.24, 2.45) is 0 Å². The fraction of sp³-hybridized carbons (Fsp3) is 0.654. The first-order valence-corrected chi connectivity index (χ1v) is 23.6. The van der Waals surface area contributed by atoms with E-state index in [1.54, 1.807) is 0 Å². The summed E-state index contributed by atoms with van der Waals surface area (Å²) < 4.78 is 11.3. The third-order valence-corrected chi connectivity index (χ3v) is 23.8. The second-order valence-corrected chi connectivity index (χ2v) is 28.4. The second kappa shape index (κ2) is 12.5. The number of hydrogen-bond donors (Lipinski definition) is 0. The molecule has 1 aromatic rings. The fourth-order valence-corrected chi connectivity index (χ4v) is 27.7. The normalized spacial score (nSPS) is 17.9. The van der Waals surface area contributed by atoms with Gasteiger partial charge < -0.3 is 0 Å². The summed E-state index contributed by atoms with van der Waals surface area (Å²) in [6.45, 7) is 14.7. The molecule has 1 aromatic carbocycles. The number of rotatable bonds is 13. The van der Waals surface area contributed by atoms with Crippen LogP contribution in [-0.4, -0.2) is 44.1 Å². The molecule has 0 aliphatic carbocycles. The van der Waals surface area contributed by atoms with Crippen LogP contribution in [-0.2, 0) is 4.74 Å². The Hall–Kier alpha value is -0.754. The second-order valence-electron chi connectivity index (χ2n) is 10.4. The molecule has 0 radical (unpaired) electrons. The van der Waals surface area contributed by atoms with E-state index in [1.165, 1.54) is 61.1 Å². The Morgan fingerprint density at radius 3 is 1.97 bits per heavy atom. The molecule has 1 amide bonds. The zero-order valence-electron chi connectivity index (χ0n) is 20.9. The van der Waals surface area contributed by atoms with Crippen molar-refractivity contribution < 1.29 is 9.53 Å². The molecule has 0 saturated carbocycles. The Morgan fingerprint density at radius 1 is 1.00 bits per heavy atom. The predicted octanol–water partition coefficient (Wildman–Crippen LogP) is 8.33. The molecule has 0 aromatic heterocycles. The van der Waals surface area contributed by atoms with E-state index >= 15 is 0 Å². The summed E-state index contributed by atoms with van der Waals surface area (Å²) >= 11 is -2.84. The summed E-state index contributed by atoms with van der Waals surface area (Å²) in [5.41, 5.74) is 3.82. The Balaban J connectivity index is 2.63. The summed E-state index contributed by atoms with van der Waals surface area (Å²) in [5.74, 6) is 0. The van der Waals surface area contributed by atoms with Crippen LogP contribution < -0.4 is 0 Å². The standard InChI is InChI=1S/C14H18NO2Si.3C4H9.Sn/c1-18(2,3)10-9-15-13(11-17-14(15)16)12-7-5-4-6-8-12;3*1-3-4-2;/h4-8,10,13H,11H2,1-3H3;3*1,3-4H2,2H3;/t13-;;;;/m0..../s1. The van der Waals surface area contributed by atoms with Gasteiger partial charge in [0.05, 0.1) is 0 Å². The maximum absolute atomic E-state index is 13.3. The molecule has 174 valence electrons. The average Bonchev–Trinajstić information content (AvgIpc) is 3.13. The average molecular weight is 550 g/mol. The Bertz CT molecular complexity index is 692. The van der Waals surface area contributed by atoms with Crippen molar-refractivity contribution in [3.05, 3.63) is 45.3 Å². The summed E-state index contributed by atoms with van der Waals surface area (Å²) in [7, 11) is -1.53. The van der Waals surface area contributed by atoms with Gasteiger partial charge in [-0.3, -0.25) is 0 Å². The van der Waals surface area contributed by atoms with Gasteiger partial charge in [-0.2, -0.15) is 0 Å². The molecule has 3 nitrogen and oxygen atoms in total. The number of carbonyl (C=O) groups excluding carboxylic acids is 1. The number of hydrogen-bond acceptors (Lipinski definition) is 2. The third kappa shape index (κ3) is 7.38. The van der Waals surface area contributed by atoms with E-state index in [0.717, 1.165) is 0 Å². The summed E-state index contributed by atoms with van der Waals surface area (Å²) in [4.78, 5) is 15.4. The van der Waals surface area contributed by atoms with Crippen LogP contribution in [0.4, 0.5) is 4.79 Å². The van der Waals surface area contributed by atoms with Gasteiger partial charge >= 0.3 is 197 Å². The minimum absolute atomic E-state index is 0.0252. The Labute approximate surface area is 196 Å². The van der Waals surface area contributed by atoms with Crippen LogP contribution >= 0.6 is 0 Å². The number of cyclic esters (lactones) is 1. The predicted molar refractivity (Wildman–Crippen MR) is 139 cm³/mol. The molecule has 1 aliphatic heterocycles. The van der Waals surface area contributed by atoms with E-state index in [9.17, 15) is 4.79 Å². The molecule has 1 fully saturated rings. The zero-order valence-corrected chi connectivity index (χ0v) is 24.7. The van der Waals surface area contributed by atoms with Crippen LogP contribution in [0.5, 0.6) is 0 Å². The van der Waals surface area contributed by atoms with E-state index in [2.05, 4.69) is 81.3 Å². The first kappa shape index (κ1) is 26.5. The molecule has 0 unspecified atom stereocenters. The van der Waals surface area contributed by atoms with Gasteiger partial charge in [-0.25, -0.2) is 0 Å². The number of nitrogens with zero attached hydrogens (tertiary/aromatic N) is 1. The maximum atomic E-state index is 13.3. The van der Waals surface area contributed by atoms with Crippen molar-refractivity contribution in [3.63, 3.8) is 0 Å². The van der Waals surface area contributed by atoms with Crippen molar-refractivity contribution in [1.82, 2.24) is 4.90 Å². The Kier molecular flexibility index (Phi) is 10.7. The number of ether oxygens (including phenoxy) is 1. The van der Waals surface area contributed by atoms with Crippen molar-refractivity contribution >= 4 is 32.5 Å². The van der Waals surface area contributed by atoms with Gasteiger partial charge in [-0.1, -0.05) is 0 Å².